The fraction of sp³-hybridized carbons (Fsp3) is 0.727. The number of nitrogens with zero attached hydrogens (tertiary/aromatic N) is 3. The van der Waals surface area contributed by atoms with Gasteiger partial charge >= 0.3 is 0 Å². The number of aliphatic hydroxyl groups is 1. The van der Waals surface area contributed by atoms with Gasteiger partial charge in [0.25, 0.3) is 0 Å². The molecule has 108 valence electrons. The molecule has 2 heterocycles. The molecule has 1 fully saturated rings. The molecule has 1 aliphatic heterocycles. The van der Waals surface area contributed by atoms with Gasteiger partial charge in [0, 0.05) is 44.4 Å². The van der Waals surface area contributed by atoms with Crippen molar-refractivity contribution >= 4 is 26.5 Å². The van der Waals surface area contributed by atoms with Gasteiger partial charge in [-0.3, -0.25) is 0 Å². The summed E-state index contributed by atoms with van der Waals surface area (Å²) in [4.78, 5) is 6.35. The van der Waals surface area contributed by atoms with Crippen molar-refractivity contribution in [3.63, 3.8) is 0 Å². The largest absolute Gasteiger partial charge is 0.396 e. The average Bonchev–Trinajstić information content (AvgIpc) is 2.93. The highest BCUT2D eigenvalue weighted by atomic mass is 32.2. The van der Waals surface area contributed by atoms with Crippen LogP contribution in [0.15, 0.2) is 11.6 Å². The highest BCUT2D eigenvalue weighted by Crippen LogP contribution is 2.20. The zero-order valence-corrected chi connectivity index (χ0v) is 12.4. The molecular formula is C11H19N3O3S2. The summed E-state index contributed by atoms with van der Waals surface area (Å²) in [6, 6.07) is 0. The Balaban J connectivity index is 1.85. The van der Waals surface area contributed by atoms with E-state index in [9.17, 15) is 8.42 Å². The predicted octanol–water partition coefficient (Wildman–Crippen LogP) is 0.367. The van der Waals surface area contributed by atoms with Crippen molar-refractivity contribution in [2.75, 3.05) is 43.4 Å². The molecule has 1 aromatic heterocycles. The van der Waals surface area contributed by atoms with Crippen molar-refractivity contribution in [2.45, 2.75) is 12.8 Å². The number of aliphatic hydroxyl groups excluding tert-OH is 1. The normalized spacial score (nSPS) is 17.8. The monoisotopic (exact) mass is 305 g/mol. The molecule has 0 radical (unpaired) electrons. The van der Waals surface area contributed by atoms with E-state index in [1.165, 1.54) is 0 Å². The van der Waals surface area contributed by atoms with E-state index in [1.807, 2.05) is 5.38 Å². The second kappa shape index (κ2) is 6.65. The summed E-state index contributed by atoms with van der Waals surface area (Å²) in [6.45, 7) is 2.45. The Morgan fingerprint density at radius 2 is 2.00 bits per heavy atom. The lowest BCUT2D eigenvalue weighted by Gasteiger charge is -2.33. The molecule has 1 N–H and O–H groups in total. The summed E-state index contributed by atoms with van der Waals surface area (Å²) in [7, 11) is -3.17. The number of sulfonamides is 1. The van der Waals surface area contributed by atoms with E-state index in [4.69, 9.17) is 5.11 Å². The highest BCUT2D eigenvalue weighted by molar-refractivity contribution is 7.89. The lowest BCUT2D eigenvalue weighted by Crippen LogP contribution is -2.49. The number of piperazine rings is 1. The van der Waals surface area contributed by atoms with Crippen LogP contribution in [-0.4, -0.2) is 61.4 Å². The van der Waals surface area contributed by atoms with E-state index in [0.717, 1.165) is 5.13 Å². The third-order valence-corrected chi connectivity index (χ3v) is 5.92. The molecule has 8 heteroatoms. The third kappa shape index (κ3) is 3.88. The summed E-state index contributed by atoms with van der Waals surface area (Å²) in [5, 5.41) is 11.6. The molecule has 2 rings (SSSR count). The zero-order chi connectivity index (χ0) is 13.7. The predicted molar refractivity (Wildman–Crippen MR) is 76.0 cm³/mol. The average molecular weight is 305 g/mol. The van der Waals surface area contributed by atoms with Crippen LogP contribution < -0.4 is 4.90 Å². The summed E-state index contributed by atoms with van der Waals surface area (Å²) in [5.74, 6) is 0.130. The van der Waals surface area contributed by atoms with E-state index in [1.54, 1.807) is 21.8 Å². The number of thiazole rings is 1. The number of anilines is 1. The van der Waals surface area contributed by atoms with Gasteiger partial charge in [-0.2, -0.15) is 4.31 Å². The second-order valence-corrected chi connectivity index (χ2v) is 7.41. The van der Waals surface area contributed by atoms with Gasteiger partial charge in [0.15, 0.2) is 5.13 Å². The quantitative estimate of drug-likeness (QED) is 0.769. The van der Waals surface area contributed by atoms with Gasteiger partial charge in [0.2, 0.25) is 10.0 Å². The third-order valence-electron chi connectivity index (χ3n) is 3.13. The molecule has 19 heavy (non-hydrogen) atoms. The molecular weight excluding hydrogens is 286 g/mol. The lowest BCUT2D eigenvalue weighted by molar-refractivity contribution is 0.286. The van der Waals surface area contributed by atoms with Crippen molar-refractivity contribution in [2.24, 2.45) is 0 Å². The minimum atomic E-state index is -3.17. The van der Waals surface area contributed by atoms with Crippen molar-refractivity contribution < 1.29 is 13.5 Å². The smallest absolute Gasteiger partial charge is 0.214 e. The second-order valence-electron chi connectivity index (χ2n) is 4.45. The zero-order valence-electron chi connectivity index (χ0n) is 10.7. The van der Waals surface area contributed by atoms with Crippen LogP contribution in [0.4, 0.5) is 5.13 Å². The summed E-state index contributed by atoms with van der Waals surface area (Å²) in [6.07, 6.45) is 2.82. The molecule has 1 saturated heterocycles. The van der Waals surface area contributed by atoms with Crippen molar-refractivity contribution in [3.05, 3.63) is 11.6 Å². The standard InChI is InChI=1S/C11H19N3O3S2/c15-8-1-2-10-19(16,17)14-6-4-13(5-7-14)11-12-3-9-18-11/h3,9,15H,1-2,4-8,10H2. The maximum atomic E-state index is 12.1. The first kappa shape index (κ1) is 14.7. The van der Waals surface area contributed by atoms with E-state index < -0.39 is 10.0 Å². The van der Waals surface area contributed by atoms with Crippen LogP contribution in [0.1, 0.15) is 12.8 Å². The molecule has 0 bridgehead atoms. The Labute approximate surface area is 117 Å². The minimum Gasteiger partial charge on any atom is -0.396 e. The first-order valence-corrected chi connectivity index (χ1v) is 8.85. The van der Waals surface area contributed by atoms with Crippen LogP contribution in [-0.2, 0) is 10.0 Å². The molecule has 0 aromatic carbocycles. The maximum absolute atomic E-state index is 12.1. The van der Waals surface area contributed by atoms with Crippen LogP contribution in [0.25, 0.3) is 0 Å². The highest BCUT2D eigenvalue weighted by Gasteiger charge is 2.27. The maximum Gasteiger partial charge on any atom is 0.214 e. The van der Waals surface area contributed by atoms with Crippen LogP contribution in [0, 0.1) is 0 Å². The fourth-order valence-electron chi connectivity index (χ4n) is 2.06. The van der Waals surface area contributed by atoms with Crippen LogP contribution in [0.2, 0.25) is 0 Å². The Morgan fingerprint density at radius 3 is 2.58 bits per heavy atom. The van der Waals surface area contributed by atoms with Crippen LogP contribution >= 0.6 is 11.3 Å². The number of unbranched alkanes of at least 4 members (excludes halogenated alkanes) is 1. The van der Waals surface area contributed by atoms with Gasteiger partial charge in [-0.15, -0.1) is 11.3 Å². The molecule has 1 aliphatic rings. The van der Waals surface area contributed by atoms with E-state index in [2.05, 4.69) is 9.88 Å². The Kier molecular flexibility index (Phi) is 5.14. The van der Waals surface area contributed by atoms with Crippen molar-refractivity contribution in [1.82, 2.24) is 9.29 Å². The summed E-state index contributed by atoms with van der Waals surface area (Å²) < 4.78 is 25.7. The number of rotatable bonds is 6. The lowest BCUT2D eigenvalue weighted by atomic mass is 10.4. The van der Waals surface area contributed by atoms with Gasteiger partial charge in [-0.1, -0.05) is 0 Å². The van der Waals surface area contributed by atoms with Gasteiger partial charge in [0.05, 0.1) is 5.75 Å². The number of aromatic nitrogens is 1. The van der Waals surface area contributed by atoms with Crippen LogP contribution in [0.3, 0.4) is 0 Å². The van der Waals surface area contributed by atoms with Gasteiger partial charge in [-0.25, -0.2) is 13.4 Å². The molecule has 1 aromatic rings. The first-order chi connectivity index (χ1) is 9.13. The number of hydrogen-bond acceptors (Lipinski definition) is 6. The van der Waals surface area contributed by atoms with E-state index in [0.29, 0.717) is 39.0 Å². The molecule has 0 amide bonds. The first-order valence-electron chi connectivity index (χ1n) is 6.36. The van der Waals surface area contributed by atoms with Gasteiger partial charge in [0.1, 0.15) is 0 Å². The summed E-state index contributed by atoms with van der Waals surface area (Å²) >= 11 is 1.57. The fourth-order valence-corrected chi connectivity index (χ4v) is 4.30. The molecule has 0 aliphatic carbocycles. The Morgan fingerprint density at radius 1 is 1.26 bits per heavy atom. The topological polar surface area (TPSA) is 73.7 Å². The summed E-state index contributed by atoms with van der Waals surface area (Å²) in [5.41, 5.74) is 0. The van der Waals surface area contributed by atoms with Gasteiger partial charge < -0.3 is 10.0 Å². The Bertz CT molecular complexity index is 467. The number of hydrogen-bond donors (Lipinski definition) is 1. The minimum absolute atomic E-state index is 0.0490. The molecule has 0 saturated carbocycles. The van der Waals surface area contributed by atoms with E-state index in [-0.39, 0.29) is 12.4 Å². The van der Waals surface area contributed by atoms with E-state index >= 15 is 0 Å². The molecule has 0 spiro atoms. The molecule has 0 unspecified atom stereocenters. The molecule has 6 nitrogen and oxygen atoms in total. The van der Waals surface area contributed by atoms with Gasteiger partial charge in [-0.05, 0) is 12.8 Å². The van der Waals surface area contributed by atoms with Crippen LogP contribution in [0.5, 0.6) is 0 Å². The Hall–Kier alpha value is -0.700. The van der Waals surface area contributed by atoms with Crippen molar-refractivity contribution in [1.29, 1.82) is 0 Å². The SMILES string of the molecule is O=S(=O)(CCCCO)N1CCN(c2nccs2)CC1. The molecule has 0 atom stereocenters. The van der Waals surface area contributed by atoms with Crippen molar-refractivity contribution in [3.8, 4) is 0 Å².